The molecule has 0 radical (unpaired) electrons. The molecule has 0 aliphatic carbocycles. The van der Waals surface area contributed by atoms with Crippen LogP contribution in [0.25, 0.3) is 0 Å². The highest BCUT2D eigenvalue weighted by molar-refractivity contribution is 5.16. The van der Waals surface area contributed by atoms with Crippen LogP contribution in [0.5, 0.6) is 0 Å². The molecule has 1 atom stereocenters. The quantitative estimate of drug-likeness (QED) is 0.780. The lowest BCUT2D eigenvalue weighted by molar-refractivity contribution is 0.318. The van der Waals surface area contributed by atoms with Gasteiger partial charge in [0.2, 0.25) is 0 Å². The molecule has 0 aromatic heterocycles. The number of rotatable bonds is 2. The number of nitrogens with two attached hydrogens (primary N) is 1. The van der Waals surface area contributed by atoms with E-state index in [1.807, 2.05) is 18.2 Å². The Labute approximate surface area is 90.1 Å². The maximum atomic E-state index is 8.91. The van der Waals surface area contributed by atoms with E-state index >= 15 is 0 Å². The van der Waals surface area contributed by atoms with Gasteiger partial charge < -0.3 is 5.73 Å². The Bertz CT molecular complexity index is 368. The zero-order valence-corrected chi connectivity index (χ0v) is 8.69. The highest BCUT2D eigenvalue weighted by Gasteiger charge is 2.34. The lowest BCUT2D eigenvalue weighted by atomic mass is 10.0. The van der Waals surface area contributed by atoms with Crippen LogP contribution in [0, 0.1) is 11.3 Å². The third kappa shape index (κ3) is 2.35. The van der Waals surface area contributed by atoms with Crippen LogP contribution >= 0.6 is 0 Å². The molecule has 15 heavy (non-hydrogen) atoms. The minimum atomic E-state index is -0.630. The van der Waals surface area contributed by atoms with Crippen LogP contribution in [-0.2, 0) is 6.54 Å². The molecule has 1 heterocycles. The van der Waals surface area contributed by atoms with Crippen molar-refractivity contribution >= 4 is 0 Å². The number of hydrogen-bond donors (Lipinski definition) is 1. The number of hydrogen-bond acceptors (Lipinski definition) is 3. The van der Waals surface area contributed by atoms with Crippen molar-refractivity contribution < 1.29 is 0 Å². The van der Waals surface area contributed by atoms with Crippen molar-refractivity contribution in [2.75, 3.05) is 13.1 Å². The first-order valence-corrected chi connectivity index (χ1v) is 5.18. The molecule has 0 unspecified atom stereocenters. The van der Waals surface area contributed by atoms with E-state index in [0.29, 0.717) is 6.54 Å². The molecule has 1 fully saturated rings. The van der Waals surface area contributed by atoms with E-state index in [1.54, 1.807) is 0 Å². The standard InChI is InChI=1S/C12H15N3/c13-9-12(14)6-7-15(10-12)8-11-4-2-1-3-5-11/h1-5H,6-8,10,14H2/t12-/m1/s1. The summed E-state index contributed by atoms with van der Waals surface area (Å²) in [6.45, 7) is 2.48. The Kier molecular flexibility index (Phi) is 2.72. The first-order valence-electron chi connectivity index (χ1n) is 5.18. The fourth-order valence-corrected chi connectivity index (χ4v) is 1.98. The van der Waals surface area contributed by atoms with Crippen molar-refractivity contribution in [1.82, 2.24) is 4.90 Å². The molecule has 1 aromatic rings. The second-order valence-electron chi connectivity index (χ2n) is 4.21. The van der Waals surface area contributed by atoms with Gasteiger partial charge >= 0.3 is 0 Å². The monoisotopic (exact) mass is 201 g/mol. The molecule has 1 aliphatic heterocycles. The molecule has 78 valence electrons. The zero-order chi connectivity index (χ0) is 10.7. The Hall–Kier alpha value is -1.37. The molecule has 0 spiro atoms. The summed E-state index contributed by atoms with van der Waals surface area (Å²) in [5, 5.41) is 8.91. The molecule has 0 saturated carbocycles. The van der Waals surface area contributed by atoms with E-state index in [4.69, 9.17) is 11.0 Å². The molecule has 1 saturated heterocycles. The van der Waals surface area contributed by atoms with E-state index in [2.05, 4.69) is 23.1 Å². The average Bonchev–Trinajstić information content (AvgIpc) is 2.63. The maximum absolute atomic E-state index is 8.91. The summed E-state index contributed by atoms with van der Waals surface area (Å²) in [4.78, 5) is 2.23. The van der Waals surface area contributed by atoms with E-state index in [1.165, 1.54) is 5.56 Å². The molecule has 1 aliphatic rings. The summed E-state index contributed by atoms with van der Waals surface area (Å²) in [6.07, 6.45) is 0.774. The maximum Gasteiger partial charge on any atom is 0.118 e. The Morgan fingerprint density at radius 1 is 1.40 bits per heavy atom. The molecule has 1 aromatic carbocycles. The van der Waals surface area contributed by atoms with E-state index in [0.717, 1.165) is 19.5 Å². The third-order valence-corrected chi connectivity index (χ3v) is 2.85. The lowest BCUT2D eigenvalue weighted by Gasteiger charge is -2.17. The number of nitriles is 1. The van der Waals surface area contributed by atoms with Crippen molar-refractivity contribution in [1.29, 1.82) is 5.26 Å². The Morgan fingerprint density at radius 3 is 2.73 bits per heavy atom. The van der Waals surface area contributed by atoms with Crippen molar-refractivity contribution in [3.05, 3.63) is 35.9 Å². The van der Waals surface area contributed by atoms with Gasteiger partial charge in [0.1, 0.15) is 5.54 Å². The van der Waals surface area contributed by atoms with Crippen molar-refractivity contribution in [3.8, 4) is 6.07 Å². The van der Waals surface area contributed by atoms with Crippen LogP contribution in [0.1, 0.15) is 12.0 Å². The van der Waals surface area contributed by atoms with Gasteiger partial charge in [0.15, 0.2) is 0 Å². The molecule has 3 nitrogen and oxygen atoms in total. The van der Waals surface area contributed by atoms with Gasteiger partial charge in [-0.15, -0.1) is 0 Å². The Balaban J connectivity index is 1.97. The third-order valence-electron chi connectivity index (χ3n) is 2.85. The van der Waals surface area contributed by atoms with Crippen LogP contribution < -0.4 is 5.73 Å². The fraction of sp³-hybridized carbons (Fsp3) is 0.417. The van der Waals surface area contributed by atoms with E-state index in [9.17, 15) is 0 Å². The van der Waals surface area contributed by atoms with Gasteiger partial charge in [-0.25, -0.2) is 0 Å². The Morgan fingerprint density at radius 2 is 2.13 bits per heavy atom. The summed E-state index contributed by atoms with van der Waals surface area (Å²) in [7, 11) is 0. The molecule has 3 heteroatoms. The summed E-state index contributed by atoms with van der Waals surface area (Å²) < 4.78 is 0. The van der Waals surface area contributed by atoms with Crippen LogP contribution in [0.4, 0.5) is 0 Å². The summed E-state index contributed by atoms with van der Waals surface area (Å²) >= 11 is 0. The van der Waals surface area contributed by atoms with Crippen LogP contribution in [0.3, 0.4) is 0 Å². The normalized spacial score (nSPS) is 26.4. The highest BCUT2D eigenvalue weighted by Crippen LogP contribution is 2.19. The van der Waals surface area contributed by atoms with E-state index < -0.39 is 5.54 Å². The second kappa shape index (κ2) is 4.01. The molecule has 2 rings (SSSR count). The summed E-state index contributed by atoms with van der Waals surface area (Å²) in [6, 6.07) is 12.5. The van der Waals surface area contributed by atoms with Crippen molar-refractivity contribution in [3.63, 3.8) is 0 Å². The molecule has 0 bridgehead atoms. The van der Waals surface area contributed by atoms with Crippen LogP contribution in [0.2, 0.25) is 0 Å². The number of benzene rings is 1. The topological polar surface area (TPSA) is 53.1 Å². The number of nitrogens with zero attached hydrogens (tertiary/aromatic N) is 2. The minimum absolute atomic E-state index is 0.630. The van der Waals surface area contributed by atoms with Gasteiger partial charge in [0, 0.05) is 19.6 Å². The van der Waals surface area contributed by atoms with Gasteiger partial charge in [0.05, 0.1) is 6.07 Å². The minimum Gasteiger partial charge on any atom is -0.312 e. The van der Waals surface area contributed by atoms with Crippen molar-refractivity contribution in [2.45, 2.75) is 18.5 Å². The summed E-state index contributed by atoms with van der Waals surface area (Å²) in [5.41, 5.74) is 6.55. The van der Waals surface area contributed by atoms with Gasteiger partial charge in [-0.2, -0.15) is 5.26 Å². The smallest absolute Gasteiger partial charge is 0.118 e. The zero-order valence-electron chi connectivity index (χ0n) is 8.69. The van der Waals surface area contributed by atoms with Gasteiger partial charge in [-0.05, 0) is 12.0 Å². The van der Waals surface area contributed by atoms with Gasteiger partial charge in [0.25, 0.3) is 0 Å². The van der Waals surface area contributed by atoms with Crippen LogP contribution in [-0.4, -0.2) is 23.5 Å². The predicted octanol–water partition coefficient (Wildman–Crippen LogP) is 1.11. The second-order valence-corrected chi connectivity index (χ2v) is 4.21. The summed E-state index contributed by atoms with van der Waals surface area (Å²) in [5.74, 6) is 0. The molecule has 0 amide bonds. The predicted molar refractivity (Wildman–Crippen MR) is 58.9 cm³/mol. The van der Waals surface area contributed by atoms with E-state index in [-0.39, 0.29) is 0 Å². The number of likely N-dealkylation sites (tertiary alicyclic amines) is 1. The highest BCUT2D eigenvalue weighted by atomic mass is 15.2. The lowest BCUT2D eigenvalue weighted by Crippen LogP contribution is -2.40. The fourth-order valence-electron chi connectivity index (χ4n) is 1.98. The molecular formula is C12H15N3. The SMILES string of the molecule is N#C[C@]1(N)CCN(Cc2ccccc2)C1. The van der Waals surface area contributed by atoms with Gasteiger partial charge in [-0.1, -0.05) is 30.3 Å². The average molecular weight is 201 g/mol. The van der Waals surface area contributed by atoms with Crippen LogP contribution in [0.15, 0.2) is 30.3 Å². The van der Waals surface area contributed by atoms with Gasteiger partial charge in [-0.3, -0.25) is 4.90 Å². The van der Waals surface area contributed by atoms with Crippen molar-refractivity contribution in [2.24, 2.45) is 5.73 Å². The first-order chi connectivity index (χ1) is 7.22. The largest absolute Gasteiger partial charge is 0.312 e. The first kappa shape index (κ1) is 10.2. The molecule has 2 N–H and O–H groups in total. The molecular weight excluding hydrogens is 186 g/mol.